The van der Waals surface area contributed by atoms with Gasteiger partial charge in [0.2, 0.25) is 11.8 Å². The fourth-order valence-electron chi connectivity index (χ4n) is 2.49. The number of nitrogens with two attached hydrogens (primary N) is 1. The number of thiol groups is 1. The summed E-state index contributed by atoms with van der Waals surface area (Å²) >= 11 is 3.93. The van der Waals surface area contributed by atoms with Crippen LogP contribution in [-0.2, 0) is 20.8 Å². The van der Waals surface area contributed by atoms with E-state index in [1.54, 1.807) is 6.20 Å². The van der Waals surface area contributed by atoms with Crippen molar-refractivity contribution in [2.24, 2.45) is 5.73 Å². The van der Waals surface area contributed by atoms with E-state index in [9.17, 15) is 14.4 Å². The lowest BCUT2D eigenvalue weighted by atomic mass is 10.0. The summed E-state index contributed by atoms with van der Waals surface area (Å²) in [6.07, 6.45) is 1.95. The molecular formula is C17H22N4O4S. The highest BCUT2D eigenvalue weighted by Crippen LogP contribution is 2.19. The number of hydrogen-bond donors (Lipinski definition) is 6. The highest BCUT2D eigenvalue weighted by Gasteiger charge is 2.27. The zero-order chi connectivity index (χ0) is 19.3. The maximum atomic E-state index is 12.6. The molecule has 1 aromatic carbocycles. The molecule has 2 amide bonds. The maximum Gasteiger partial charge on any atom is 0.327 e. The smallest absolute Gasteiger partial charge is 0.327 e. The molecule has 2 rings (SSSR count). The highest BCUT2D eigenvalue weighted by molar-refractivity contribution is 7.80. The summed E-state index contributed by atoms with van der Waals surface area (Å²) in [5.74, 6) is -2.37. The van der Waals surface area contributed by atoms with Crippen LogP contribution in [0.3, 0.4) is 0 Å². The molecule has 0 aliphatic carbocycles. The second-order valence-corrected chi connectivity index (χ2v) is 6.36. The Balaban J connectivity index is 2.24. The van der Waals surface area contributed by atoms with E-state index in [-0.39, 0.29) is 12.2 Å². The van der Waals surface area contributed by atoms with Gasteiger partial charge in [0, 0.05) is 29.3 Å². The lowest BCUT2D eigenvalue weighted by Crippen LogP contribution is -2.55. The van der Waals surface area contributed by atoms with Crippen molar-refractivity contribution in [1.29, 1.82) is 0 Å². The minimum absolute atomic E-state index is 0.0673. The number of H-pyrrole nitrogens is 1. The normalized spacial score (nSPS) is 14.4. The molecule has 26 heavy (non-hydrogen) atoms. The number of para-hydroxylation sites is 1. The first-order valence-corrected chi connectivity index (χ1v) is 8.71. The first-order valence-electron chi connectivity index (χ1n) is 8.08. The van der Waals surface area contributed by atoms with Crippen molar-refractivity contribution in [3.63, 3.8) is 0 Å². The van der Waals surface area contributed by atoms with Crippen molar-refractivity contribution in [2.45, 2.75) is 31.5 Å². The monoisotopic (exact) mass is 378 g/mol. The SMILES string of the molecule is CC(N)C(=O)NC(Cc1c[nH]c2ccccc12)C(=O)NC(CS)C(=O)O. The minimum atomic E-state index is -1.20. The van der Waals surface area contributed by atoms with Crippen LogP contribution in [0.25, 0.3) is 10.9 Å². The second-order valence-electron chi connectivity index (χ2n) is 6.00. The molecule has 0 aliphatic rings. The van der Waals surface area contributed by atoms with Gasteiger partial charge in [0.25, 0.3) is 0 Å². The van der Waals surface area contributed by atoms with Crippen LogP contribution < -0.4 is 16.4 Å². The second kappa shape index (κ2) is 8.72. The van der Waals surface area contributed by atoms with Crippen molar-refractivity contribution < 1.29 is 19.5 Å². The number of benzene rings is 1. The number of hydrogen-bond acceptors (Lipinski definition) is 5. The van der Waals surface area contributed by atoms with E-state index in [1.165, 1.54) is 6.92 Å². The minimum Gasteiger partial charge on any atom is -0.480 e. The number of aromatic nitrogens is 1. The Hall–Kier alpha value is -2.52. The average Bonchev–Trinajstić information content (AvgIpc) is 3.01. The van der Waals surface area contributed by atoms with Gasteiger partial charge in [-0.3, -0.25) is 9.59 Å². The molecule has 0 saturated carbocycles. The molecule has 0 spiro atoms. The van der Waals surface area contributed by atoms with Crippen molar-refractivity contribution in [2.75, 3.05) is 5.75 Å². The fourth-order valence-corrected chi connectivity index (χ4v) is 2.74. The van der Waals surface area contributed by atoms with Crippen LogP contribution in [0, 0.1) is 0 Å². The van der Waals surface area contributed by atoms with Gasteiger partial charge in [-0.15, -0.1) is 0 Å². The van der Waals surface area contributed by atoms with Crippen LogP contribution in [0.5, 0.6) is 0 Å². The van der Waals surface area contributed by atoms with Gasteiger partial charge in [-0.1, -0.05) is 18.2 Å². The molecule has 140 valence electrons. The Morgan fingerprint density at radius 2 is 1.85 bits per heavy atom. The Morgan fingerprint density at radius 1 is 1.19 bits per heavy atom. The zero-order valence-electron chi connectivity index (χ0n) is 14.2. The molecule has 0 radical (unpaired) electrons. The number of fused-ring (bicyclic) bond motifs is 1. The first kappa shape index (κ1) is 19.8. The zero-order valence-corrected chi connectivity index (χ0v) is 15.1. The lowest BCUT2D eigenvalue weighted by molar-refractivity contribution is -0.141. The van der Waals surface area contributed by atoms with Gasteiger partial charge in [-0.25, -0.2) is 4.79 Å². The predicted octanol–water partition coefficient (Wildman–Crippen LogP) is 0.0416. The van der Waals surface area contributed by atoms with Crippen LogP contribution in [0.15, 0.2) is 30.5 Å². The average molecular weight is 378 g/mol. The standard InChI is InChI=1S/C17H22N4O4S/c1-9(18)15(22)20-13(16(23)21-14(8-26)17(24)25)6-10-7-19-12-5-3-2-4-11(10)12/h2-5,7,9,13-14,19,26H,6,8,18H2,1H3,(H,20,22)(H,21,23)(H,24,25). The number of aliphatic carboxylic acids is 1. The van der Waals surface area contributed by atoms with E-state index in [0.29, 0.717) is 0 Å². The quantitative estimate of drug-likeness (QED) is 0.360. The van der Waals surface area contributed by atoms with E-state index >= 15 is 0 Å². The third kappa shape index (κ3) is 4.77. The van der Waals surface area contributed by atoms with Crippen LogP contribution in [0.4, 0.5) is 0 Å². The Labute approximate surface area is 155 Å². The van der Waals surface area contributed by atoms with Gasteiger partial charge in [0.05, 0.1) is 6.04 Å². The van der Waals surface area contributed by atoms with E-state index in [0.717, 1.165) is 16.5 Å². The summed E-state index contributed by atoms with van der Waals surface area (Å²) in [5, 5.41) is 15.0. The third-order valence-corrected chi connectivity index (χ3v) is 4.31. The lowest BCUT2D eigenvalue weighted by Gasteiger charge is -2.21. The number of nitrogens with one attached hydrogen (secondary N) is 3. The number of carbonyl (C=O) groups is 3. The van der Waals surface area contributed by atoms with Crippen LogP contribution >= 0.6 is 12.6 Å². The van der Waals surface area contributed by atoms with Gasteiger partial charge in [-0.2, -0.15) is 12.6 Å². The van der Waals surface area contributed by atoms with Gasteiger partial charge in [0.15, 0.2) is 0 Å². The predicted molar refractivity (Wildman–Crippen MR) is 101 cm³/mol. The Bertz CT molecular complexity index is 805. The summed E-state index contributed by atoms with van der Waals surface area (Å²) in [4.78, 5) is 38.8. The molecule has 0 saturated heterocycles. The molecule has 3 unspecified atom stereocenters. The van der Waals surface area contributed by atoms with Crippen molar-refractivity contribution in [1.82, 2.24) is 15.6 Å². The van der Waals surface area contributed by atoms with E-state index < -0.39 is 35.9 Å². The molecule has 3 atom stereocenters. The maximum absolute atomic E-state index is 12.6. The topological polar surface area (TPSA) is 137 Å². The van der Waals surface area contributed by atoms with E-state index in [2.05, 4.69) is 28.2 Å². The summed E-state index contributed by atoms with van der Waals surface area (Å²) in [6, 6.07) is 4.64. The van der Waals surface area contributed by atoms with Crippen molar-refractivity contribution in [3.8, 4) is 0 Å². The number of rotatable bonds is 8. The van der Waals surface area contributed by atoms with Crippen LogP contribution in [0.1, 0.15) is 12.5 Å². The largest absolute Gasteiger partial charge is 0.480 e. The van der Waals surface area contributed by atoms with Crippen LogP contribution in [0.2, 0.25) is 0 Å². The molecule has 0 fully saturated rings. The number of carboxylic acids is 1. The van der Waals surface area contributed by atoms with Gasteiger partial charge in [0.1, 0.15) is 12.1 Å². The molecule has 1 aromatic heterocycles. The Kier molecular flexibility index (Phi) is 6.64. The van der Waals surface area contributed by atoms with Gasteiger partial charge >= 0.3 is 5.97 Å². The van der Waals surface area contributed by atoms with Crippen molar-refractivity contribution in [3.05, 3.63) is 36.0 Å². The highest BCUT2D eigenvalue weighted by atomic mass is 32.1. The number of carboxylic acid groups (broad SMARTS) is 1. The Morgan fingerprint density at radius 3 is 2.46 bits per heavy atom. The van der Waals surface area contributed by atoms with E-state index in [1.807, 2.05) is 24.3 Å². The first-order chi connectivity index (χ1) is 12.3. The molecular weight excluding hydrogens is 356 g/mol. The fraction of sp³-hybridized carbons (Fsp3) is 0.353. The van der Waals surface area contributed by atoms with E-state index in [4.69, 9.17) is 10.8 Å². The number of aromatic amines is 1. The molecule has 0 aliphatic heterocycles. The summed E-state index contributed by atoms with van der Waals surface area (Å²) in [7, 11) is 0. The van der Waals surface area contributed by atoms with Crippen molar-refractivity contribution >= 4 is 41.3 Å². The molecule has 8 nitrogen and oxygen atoms in total. The molecule has 6 N–H and O–H groups in total. The summed E-state index contributed by atoms with van der Waals surface area (Å²) in [5.41, 5.74) is 7.29. The summed E-state index contributed by atoms with van der Waals surface area (Å²) in [6.45, 7) is 1.50. The number of carbonyl (C=O) groups excluding carboxylic acids is 2. The molecule has 2 aromatic rings. The van der Waals surface area contributed by atoms with Crippen LogP contribution in [-0.4, -0.2) is 51.8 Å². The molecule has 9 heteroatoms. The summed E-state index contributed by atoms with van der Waals surface area (Å²) < 4.78 is 0. The van der Waals surface area contributed by atoms with Gasteiger partial charge < -0.3 is 26.5 Å². The van der Waals surface area contributed by atoms with Gasteiger partial charge in [-0.05, 0) is 18.6 Å². The third-order valence-electron chi connectivity index (χ3n) is 3.94. The number of amides is 2. The molecule has 0 bridgehead atoms. The molecule has 1 heterocycles.